The van der Waals surface area contributed by atoms with Crippen LogP contribution in [-0.2, 0) is 14.7 Å². The number of aromatic nitrogens is 2. The van der Waals surface area contributed by atoms with Crippen molar-refractivity contribution in [3.8, 4) is 0 Å². The fraction of sp³-hybridized carbons (Fsp3) is 0.300. The summed E-state index contributed by atoms with van der Waals surface area (Å²) in [5, 5.41) is 0.579. The first kappa shape index (κ1) is 16.3. The fourth-order valence-electron chi connectivity index (χ4n) is 2.26. The first-order valence-corrected chi connectivity index (χ1v) is 6.99. The molecule has 1 saturated heterocycles. The average molecular weight is 320 g/mol. The molecule has 11 heteroatoms. The Bertz CT molecular complexity index is 680. The van der Waals surface area contributed by atoms with Crippen LogP contribution in [0, 0.1) is 0 Å². The van der Waals surface area contributed by atoms with Crippen molar-refractivity contribution >= 4 is 22.0 Å². The third kappa shape index (κ3) is 3.25. The van der Waals surface area contributed by atoms with E-state index in [0.29, 0.717) is 22.9 Å². The van der Waals surface area contributed by atoms with Crippen molar-refractivity contribution in [1.29, 1.82) is 0 Å². The molecule has 0 radical (unpaired) electrons. The number of urea groups is 1. The summed E-state index contributed by atoms with van der Waals surface area (Å²) in [4.78, 5) is 21.3. The second-order valence-corrected chi connectivity index (χ2v) is 5.23. The quantitative estimate of drug-likeness (QED) is 0.321. The average Bonchev–Trinajstić information content (AvgIpc) is 2.64. The number of hydrogen-bond acceptors (Lipinski definition) is 7. The zero-order chi connectivity index (χ0) is 14.3. The van der Waals surface area contributed by atoms with E-state index in [1.165, 1.54) is 23.5 Å². The van der Waals surface area contributed by atoms with Gasteiger partial charge >= 0.3 is 35.6 Å². The predicted molar refractivity (Wildman–Crippen MR) is 63.4 cm³/mol. The fourth-order valence-corrected chi connectivity index (χ4v) is 2.63. The largest absolute Gasteiger partial charge is 1.00 e. The van der Waals surface area contributed by atoms with Crippen LogP contribution in [0.25, 0.3) is 5.57 Å². The van der Waals surface area contributed by atoms with Crippen LogP contribution >= 0.6 is 0 Å². The Labute approximate surface area is 142 Å². The summed E-state index contributed by atoms with van der Waals surface area (Å²) >= 11 is 0. The van der Waals surface area contributed by atoms with Crippen molar-refractivity contribution in [2.24, 2.45) is 0 Å². The second-order valence-electron chi connectivity index (χ2n) is 4.26. The van der Waals surface area contributed by atoms with Crippen molar-refractivity contribution in [2.45, 2.75) is 6.04 Å². The maximum absolute atomic E-state index is 11.9. The minimum absolute atomic E-state index is 0. The smallest absolute Gasteiger partial charge is 0.724 e. The van der Waals surface area contributed by atoms with Gasteiger partial charge in [0.2, 0.25) is 10.4 Å². The topological polar surface area (TPSA) is 116 Å². The van der Waals surface area contributed by atoms with Gasteiger partial charge in [-0.2, -0.15) is 9.35 Å². The van der Waals surface area contributed by atoms with Gasteiger partial charge in [-0.05, 0) is 0 Å². The molecule has 3 rings (SSSR count). The Morgan fingerprint density at radius 1 is 1.38 bits per heavy atom. The zero-order valence-electron chi connectivity index (χ0n) is 11.0. The van der Waals surface area contributed by atoms with Gasteiger partial charge < -0.3 is 9.45 Å². The molecule has 106 valence electrons. The summed E-state index contributed by atoms with van der Waals surface area (Å²) in [6.45, 7) is 0.525. The number of amides is 2. The maximum Gasteiger partial charge on any atom is 1.00 e. The Balaban J connectivity index is 0.00000161. The third-order valence-corrected chi connectivity index (χ3v) is 3.40. The minimum Gasteiger partial charge on any atom is -0.724 e. The number of hydroxylamine groups is 2. The molecule has 1 aromatic heterocycles. The van der Waals surface area contributed by atoms with E-state index in [4.69, 9.17) is 0 Å². The molecule has 0 spiro atoms. The van der Waals surface area contributed by atoms with Crippen LogP contribution < -0.4 is 29.6 Å². The van der Waals surface area contributed by atoms with Gasteiger partial charge in [-0.15, -0.1) is 0 Å². The number of hydrogen-bond donors (Lipinski definition) is 0. The second kappa shape index (κ2) is 5.99. The molecular formula is C10H9N4NaO5S. The SMILES string of the molecule is O=C1N2CC=C(c3cnccn3)C(C2)N1OS(=O)(=O)[O-].[Na+]. The predicted octanol–water partition coefficient (Wildman–Crippen LogP) is -3.62. The van der Waals surface area contributed by atoms with E-state index in [0.717, 1.165) is 0 Å². The molecule has 0 N–H and O–H groups in total. The number of fused-ring (bicyclic) bond motifs is 2. The molecule has 2 aliphatic rings. The summed E-state index contributed by atoms with van der Waals surface area (Å²) in [5.41, 5.74) is 1.10. The van der Waals surface area contributed by atoms with Crippen LogP contribution in [0.2, 0.25) is 0 Å². The van der Waals surface area contributed by atoms with Crippen LogP contribution in [0.5, 0.6) is 0 Å². The number of nitrogens with zero attached hydrogens (tertiary/aromatic N) is 4. The summed E-state index contributed by atoms with van der Waals surface area (Å²) in [6.07, 6.45) is 6.20. The molecule has 3 heterocycles. The molecule has 2 bridgehead atoms. The molecular weight excluding hydrogens is 311 g/mol. The van der Waals surface area contributed by atoms with E-state index in [1.807, 2.05) is 0 Å². The van der Waals surface area contributed by atoms with E-state index < -0.39 is 22.5 Å². The number of carbonyl (C=O) groups excluding carboxylic acids is 1. The molecule has 1 fully saturated rings. The molecule has 1 atom stereocenters. The molecule has 2 amide bonds. The number of rotatable bonds is 3. The third-order valence-electron chi connectivity index (χ3n) is 3.06. The molecule has 0 aliphatic carbocycles. The summed E-state index contributed by atoms with van der Waals surface area (Å²) in [6, 6.07) is -1.36. The molecule has 0 aromatic carbocycles. The van der Waals surface area contributed by atoms with Crippen molar-refractivity contribution in [3.05, 3.63) is 30.4 Å². The van der Waals surface area contributed by atoms with Crippen molar-refractivity contribution in [3.63, 3.8) is 0 Å². The van der Waals surface area contributed by atoms with Gasteiger partial charge in [0, 0.05) is 24.5 Å². The van der Waals surface area contributed by atoms with E-state index in [1.54, 1.807) is 6.08 Å². The molecule has 1 unspecified atom stereocenters. The van der Waals surface area contributed by atoms with Gasteiger partial charge in [-0.3, -0.25) is 9.97 Å². The van der Waals surface area contributed by atoms with Gasteiger partial charge in [-0.25, -0.2) is 13.2 Å². The van der Waals surface area contributed by atoms with Crippen LogP contribution in [0.15, 0.2) is 24.7 Å². The van der Waals surface area contributed by atoms with Gasteiger partial charge in [0.05, 0.1) is 18.4 Å². The molecule has 1 aromatic rings. The Hall–Kier alpha value is -1.04. The van der Waals surface area contributed by atoms with Gasteiger partial charge in [0.1, 0.15) is 6.04 Å². The van der Waals surface area contributed by atoms with Crippen molar-refractivity contribution in [2.75, 3.05) is 13.1 Å². The molecule has 9 nitrogen and oxygen atoms in total. The maximum atomic E-state index is 11.9. The first-order valence-electron chi connectivity index (χ1n) is 5.66. The summed E-state index contributed by atoms with van der Waals surface area (Å²) in [7, 11) is -5.02. The van der Waals surface area contributed by atoms with E-state index in [-0.39, 0.29) is 36.1 Å². The Kier molecular flexibility index (Phi) is 4.66. The van der Waals surface area contributed by atoms with Crippen molar-refractivity contribution in [1.82, 2.24) is 19.9 Å². The molecule has 0 saturated carbocycles. The van der Waals surface area contributed by atoms with Crippen LogP contribution in [-0.4, -0.2) is 58.1 Å². The summed E-state index contributed by atoms with van der Waals surface area (Å²) in [5.74, 6) is 0. The normalized spacial score (nSPS) is 21.1. The zero-order valence-corrected chi connectivity index (χ0v) is 13.9. The monoisotopic (exact) mass is 320 g/mol. The van der Waals surface area contributed by atoms with Crippen molar-refractivity contribution < 1.29 is 51.6 Å². The van der Waals surface area contributed by atoms with E-state index in [2.05, 4.69) is 14.3 Å². The Morgan fingerprint density at radius 2 is 2.14 bits per heavy atom. The van der Waals surface area contributed by atoms with Gasteiger partial charge in [-0.1, -0.05) is 6.08 Å². The van der Waals surface area contributed by atoms with E-state index >= 15 is 0 Å². The molecule has 2 aliphatic heterocycles. The Morgan fingerprint density at radius 3 is 2.76 bits per heavy atom. The van der Waals surface area contributed by atoms with Crippen LogP contribution in [0.4, 0.5) is 4.79 Å². The van der Waals surface area contributed by atoms with Gasteiger partial charge in [0.25, 0.3) is 0 Å². The first-order chi connectivity index (χ1) is 9.46. The minimum atomic E-state index is -5.02. The van der Waals surface area contributed by atoms with E-state index in [9.17, 15) is 17.8 Å². The molecule has 21 heavy (non-hydrogen) atoms. The standard InChI is InChI=1S/C10H10N4O5S.Na/c15-10-13-4-1-7(8-5-11-2-3-12-8)9(6-13)14(10)19-20(16,17)18;/h1-3,5,9H,4,6H2,(H,16,17,18);/q;+1/p-1. The summed E-state index contributed by atoms with van der Waals surface area (Å²) < 4.78 is 36.4. The van der Waals surface area contributed by atoms with Gasteiger partial charge in [0.15, 0.2) is 0 Å². The van der Waals surface area contributed by atoms with Crippen LogP contribution in [0.1, 0.15) is 5.69 Å². The number of carbonyl (C=O) groups is 1. The van der Waals surface area contributed by atoms with Crippen LogP contribution in [0.3, 0.4) is 0 Å².